The Morgan fingerprint density at radius 3 is 1.33 bits per heavy atom. The Morgan fingerprint density at radius 2 is 1.00 bits per heavy atom. The van der Waals surface area contributed by atoms with Crippen molar-refractivity contribution in [3.05, 3.63) is 35.9 Å². The smallest absolute Gasteiger partial charge is 0.335 e. The van der Waals surface area contributed by atoms with E-state index in [9.17, 15) is 19.2 Å². The SMILES string of the molecule is C.C.C.C.C.C.CO.CO[Si](C)(C)O[Si](C)(C)CC1C(=O)OC1=O.CO[Si](C)(C)O[Si](C)(C)Cc1ccccc1.CO[Si](C)(CC1CC(=O)OC1=O)OC. The number of rotatable bonds is 14. The number of aliphatic hydroxyl groups excluding tert-OH is 1. The van der Waals surface area contributed by atoms with Gasteiger partial charge in [-0.25, -0.2) is 0 Å². The molecule has 1 unspecified atom stereocenters. The number of cyclic esters (lactones) is 4. The molecular formula is C36H82O13Si5. The van der Waals surface area contributed by atoms with Crippen molar-refractivity contribution in [1.29, 1.82) is 0 Å². The van der Waals surface area contributed by atoms with E-state index < -0.39 is 72.1 Å². The molecule has 13 nitrogen and oxygen atoms in total. The maximum atomic E-state index is 11.2. The lowest BCUT2D eigenvalue weighted by atomic mass is 10.1. The van der Waals surface area contributed by atoms with Gasteiger partial charge in [0.1, 0.15) is 0 Å². The van der Waals surface area contributed by atoms with Gasteiger partial charge in [0.2, 0.25) is 0 Å². The van der Waals surface area contributed by atoms with Crippen molar-refractivity contribution in [2.45, 2.75) is 128 Å². The number of ether oxygens (including phenoxy) is 2. The zero-order valence-corrected chi connectivity index (χ0v) is 36.2. The molecule has 2 saturated heterocycles. The van der Waals surface area contributed by atoms with Crippen LogP contribution < -0.4 is 0 Å². The molecule has 2 aliphatic heterocycles. The van der Waals surface area contributed by atoms with Crippen LogP contribution in [-0.4, -0.2) is 107 Å². The van der Waals surface area contributed by atoms with E-state index in [2.05, 4.69) is 59.9 Å². The topological polar surface area (TPSA) is 162 Å². The molecule has 0 bridgehead atoms. The molecule has 1 aromatic carbocycles. The fraction of sp³-hybridized carbons (Fsp3) is 0.722. The van der Waals surface area contributed by atoms with Gasteiger partial charge in [0, 0.05) is 41.6 Å². The van der Waals surface area contributed by atoms with Crippen LogP contribution in [-0.2, 0) is 60.6 Å². The fourth-order valence-electron chi connectivity index (χ4n) is 4.89. The molecule has 2 heterocycles. The van der Waals surface area contributed by atoms with Crippen LogP contribution in [0.1, 0.15) is 56.5 Å². The third kappa shape index (κ3) is 25.5. The molecule has 1 atom stereocenters. The van der Waals surface area contributed by atoms with Crippen molar-refractivity contribution in [1.82, 2.24) is 0 Å². The summed E-state index contributed by atoms with van der Waals surface area (Å²) in [4.78, 5) is 44.1. The molecule has 0 aromatic heterocycles. The molecule has 0 spiro atoms. The summed E-state index contributed by atoms with van der Waals surface area (Å²) in [5.41, 5.74) is 1.36. The highest BCUT2D eigenvalue weighted by molar-refractivity contribution is 6.82. The van der Waals surface area contributed by atoms with E-state index in [1.165, 1.54) is 5.56 Å². The van der Waals surface area contributed by atoms with Crippen LogP contribution in [0.3, 0.4) is 0 Å². The van der Waals surface area contributed by atoms with Crippen molar-refractivity contribution >= 4 is 66.2 Å². The fourth-order valence-corrected chi connectivity index (χ4v) is 21.1. The van der Waals surface area contributed by atoms with Crippen LogP contribution in [0, 0.1) is 11.8 Å². The minimum absolute atomic E-state index is 0. The summed E-state index contributed by atoms with van der Waals surface area (Å²) in [6.45, 7) is 18.4. The normalized spacial score (nSPS) is 15.2. The van der Waals surface area contributed by atoms with Gasteiger partial charge in [0.25, 0.3) is 0 Å². The molecule has 18 heteroatoms. The van der Waals surface area contributed by atoms with E-state index >= 15 is 0 Å². The van der Waals surface area contributed by atoms with Gasteiger partial charge in [-0.1, -0.05) is 74.9 Å². The third-order valence-electron chi connectivity index (χ3n) is 7.41. The molecule has 0 aliphatic carbocycles. The van der Waals surface area contributed by atoms with E-state index in [1.807, 2.05) is 38.8 Å². The van der Waals surface area contributed by atoms with Gasteiger partial charge in [-0.2, -0.15) is 0 Å². The maximum Gasteiger partial charge on any atom is 0.335 e. The first-order valence-electron chi connectivity index (χ1n) is 15.6. The van der Waals surface area contributed by atoms with Crippen LogP contribution in [0.15, 0.2) is 30.3 Å². The lowest BCUT2D eigenvalue weighted by Crippen LogP contribution is -2.51. The van der Waals surface area contributed by atoms with Crippen molar-refractivity contribution in [2.24, 2.45) is 11.8 Å². The van der Waals surface area contributed by atoms with Crippen molar-refractivity contribution < 1.29 is 59.7 Å². The Labute approximate surface area is 336 Å². The van der Waals surface area contributed by atoms with Gasteiger partial charge < -0.3 is 40.5 Å². The second kappa shape index (κ2) is 29.5. The maximum absolute atomic E-state index is 11.2. The number of benzene rings is 1. The molecule has 0 amide bonds. The quantitative estimate of drug-likeness (QED) is 0.108. The third-order valence-corrected chi connectivity index (χ3v) is 23.3. The average molecular weight is 863 g/mol. The van der Waals surface area contributed by atoms with Crippen LogP contribution in [0.4, 0.5) is 0 Å². The first kappa shape index (κ1) is 67.1. The Bertz CT molecular complexity index is 1160. The molecule has 2 fully saturated rings. The van der Waals surface area contributed by atoms with Gasteiger partial charge in [-0.3, -0.25) is 19.2 Å². The molecule has 1 aromatic rings. The predicted octanol–water partition coefficient (Wildman–Crippen LogP) is 8.46. The summed E-state index contributed by atoms with van der Waals surface area (Å²) in [5, 5.41) is 7.00. The first-order valence-corrected chi connectivity index (χ1v) is 30.0. The van der Waals surface area contributed by atoms with E-state index in [4.69, 9.17) is 31.0 Å². The molecule has 54 heavy (non-hydrogen) atoms. The van der Waals surface area contributed by atoms with Gasteiger partial charge in [0.05, 0.1) is 12.3 Å². The van der Waals surface area contributed by atoms with E-state index in [-0.39, 0.29) is 56.9 Å². The first-order chi connectivity index (χ1) is 22.0. The standard InChI is InChI=1S/C12H22O2Si2.C9H18O5Si2.C8H14O5Si.CH4O.6CH4/c1-13-16(4,5)14-15(2,3)11-12-9-7-6-8-10-12;1-12-16(4,5)14-15(2,3)6-7-8(10)13-9(7)11;1-11-14(3,12-2)5-6-4-7(9)13-8(6)10;1-2;;;;;;/h6-10H,11H2,1-5H3;7H,6H2,1-5H3;6H,4-5H2,1-3H3;2H,1H3;6*1H4. The molecule has 0 saturated carbocycles. The molecular weight excluding hydrogens is 781 g/mol. The lowest BCUT2D eigenvalue weighted by molar-refractivity contribution is -0.182. The summed E-state index contributed by atoms with van der Waals surface area (Å²) in [7, 11) is -2.55. The zero-order chi connectivity index (χ0) is 37.6. The molecule has 0 radical (unpaired) electrons. The van der Waals surface area contributed by atoms with Crippen molar-refractivity contribution in [3.8, 4) is 0 Å². The van der Waals surface area contributed by atoms with Crippen LogP contribution in [0.5, 0.6) is 0 Å². The zero-order valence-electron chi connectivity index (χ0n) is 31.2. The highest BCUT2D eigenvalue weighted by atomic mass is 28.4. The molecule has 1 N–H and O–H groups in total. The highest BCUT2D eigenvalue weighted by Gasteiger charge is 2.47. The van der Waals surface area contributed by atoms with Crippen molar-refractivity contribution in [3.63, 3.8) is 0 Å². The summed E-state index contributed by atoms with van der Waals surface area (Å²) in [6, 6.07) is 12.5. The Morgan fingerprint density at radius 1 is 0.593 bits per heavy atom. The number of hydrogen-bond acceptors (Lipinski definition) is 13. The summed E-state index contributed by atoms with van der Waals surface area (Å²) in [5.74, 6) is -2.76. The summed E-state index contributed by atoms with van der Waals surface area (Å²) < 4.78 is 42.2. The Hall–Kier alpha value is -1.70. The number of esters is 4. The second-order valence-electron chi connectivity index (χ2n) is 13.5. The van der Waals surface area contributed by atoms with E-state index in [0.29, 0.717) is 12.1 Å². The van der Waals surface area contributed by atoms with Crippen molar-refractivity contribution in [2.75, 3.05) is 35.5 Å². The predicted molar refractivity (Wildman–Crippen MR) is 234 cm³/mol. The van der Waals surface area contributed by atoms with Crippen LogP contribution in [0.2, 0.25) is 71.0 Å². The van der Waals surface area contributed by atoms with E-state index in [0.717, 1.165) is 13.2 Å². The Balaban J connectivity index is -0.000000114. The minimum Gasteiger partial charge on any atom is -0.436 e. The molecule has 2 aliphatic rings. The van der Waals surface area contributed by atoms with Crippen LogP contribution >= 0.6 is 0 Å². The number of carbonyl (C=O) groups is 4. The Kier molecular flexibility index (Phi) is 36.7. The van der Waals surface area contributed by atoms with Gasteiger partial charge in [0.15, 0.2) is 22.6 Å². The number of aliphatic hydroxyl groups is 1. The summed E-state index contributed by atoms with van der Waals surface area (Å²) in [6.07, 6.45) is 0.147. The average Bonchev–Trinajstić information content (AvgIpc) is 3.32. The second-order valence-corrected chi connectivity index (χ2v) is 32.9. The number of carbonyl (C=O) groups excluding carboxylic acids is 4. The monoisotopic (exact) mass is 862 g/mol. The van der Waals surface area contributed by atoms with Gasteiger partial charge in [-0.05, 0) is 76.6 Å². The van der Waals surface area contributed by atoms with E-state index in [1.54, 1.807) is 28.4 Å². The van der Waals surface area contributed by atoms with Gasteiger partial charge >= 0.3 is 49.6 Å². The largest absolute Gasteiger partial charge is 0.436 e. The highest BCUT2D eigenvalue weighted by Crippen LogP contribution is 2.29. The lowest BCUT2D eigenvalue weighted by Gasteiger charge is -2.35. The molecule has 324 valence electrons. The molecule has 3 rings (SSSR count). The summed E-state index contributed by atoms with van der Waals surface area (Å²) >= 11 is 0. The number of hydrogen-bond donors (Lipinski definition) is 1. The minimum atomic E-state index is -2.29. The van der Waals surface area contributed by atoms with Crippen LogP contribution in [0.25, 0.3) is 0 Å². The van der Waals surface area contributed by atoms with Gasteiger partial charge in [-0.15, -0.1) is 0 Å².